The molecule has 13 N–H and O–H groups in total. The van der Waals surface area contributed by atoms with Gasteiger partial charge in [0, 0.05) is 24.3 Å². The number of aliphatic hydroxyl groups is 9. The summed E-state index contributed by atoms with van der Waals surface area (Å²) in [5.41, 5.74) is 0.823. The summed E-state index contributed by atoms with van der Waals surface area (Å²) < 4.78 is 63.3. The summed E-state index contributed by atoms with van der Waals surface area (Å²) in [6, 6.07) is 17.2. The lowest BCUT2D eigenvalue weighted by Crippen LogP contribution is -2.65. The predicted molar refractivity (Wildman–Crippen MR) is 266 cm³/mol. The molecule has 26 heteroatoms. The fourth-order valence-electron chi connectivity index (χ4n) is 8.64. The number of hydrogen-bond donors (Lipinski definition) is 13. The number of ether oxygens (including phenoxy) is 10. The Labute approximate surface area is 447 Å². The highest BCUT2D eigenvalue weighted by Crippen LogP contribution is 2.43. The molecule has 79 heavy (non-hydrogen) atoms. The highest BCUT2D eigenvalue weighted by Gasteiger charge is 2.54. The number of methoxy groups -OCH3 is 2. The van der Waals surface area contributed by atoms with E-state index in [9.17, 15) is 76.0 Å². The molecule has 4 heterocycles. The van der Waals surface area contributed by atoms with Crippen LogP contribution in [-0.2, 0) is 38.0 Å². The van der Waals surface area contributed by atoms with Crippen molar-refractivity contribution in [3.63, 3.8) is 0 Å². The number of carbonyl (C=O) groups is 2. The summed E-state index contributed by atoms with van der Waals surface area (Å²) in [5.74, 6) is -3.72. The van der Waals surface area contributed by atoms with Gasteiger partial charge in [0.05, 0.1) is 39.1 Å². The first-order valence-electron chi connectivity index (χ1n) is 24.1. The van der Waals surface area contributed by atoms with E-state index in [1.807, 2.05) is 0 Å². The van der Waals surface area contributed by atoms with Crippen LogP contribution >= 0.6 is 0 Å². The minimum atomic E-state index is -2.14. The average Bonchev–Trinajstić information content (AvgIpc) is 3.58. The van der Waals surface area contributed by atoms with E-state index in [1.54, 1.807) is 0 Å². The summed E-state index contributed by atoms with van der Waals surface area (Å²) >= 11 is 0. The van der Waals surface area contributed by atoms with Crippen LogP contribution in [0.2, 0.25) is 0 Å². The van der Waals surface area contributed by atoms with Gasteiger partial charge < -0.3 is 114 Å². The molecule has 0 saturated carbocycles. The zero-order valence-electron chi connectivity index (χ0n) is 41.7. The maximum Gasteiger partial charge on any atom is 0.402 e. The van der Waals surface area contributed by atoms with Gasteiger partial charge >= 0.3 is 23.3 Å². The van der Waals surface area contributed by atoms with Crippen molar-refractivity contribution in [3.8, 4) is 57.3 Å². The van der Waals surface area contributed by atoms with Crippen LogP contribution in [0.25, 0.3) is 34.4 Å². The van der Waals surface area contributed by atoms with E-state index in [0.717, 1.165) is 24.3 Å². The van der Waals surface area contributed by atoms with Gasteiger partial charge in [0.15, 0.2) is 41.5 Å². The number of hydrogen-bond acceptors (Lipinski definition) is 25. The van der Waals surface area contributed by atoms with E-state index in [1.165, 1.54) is 93.1 Å². The van der Waals surface area contributed by atoms with Crippen molar-refractivity contribution in [1.82, 2.24) is 0 Å². The number of phenols is 4. The standard InChI is InChI=1S/C53H56O26/c1-69-33-15-23(3-11-29(33)58)5-13-39(60)71-22-38-42(63)45(66)50(79-52-47(68)49(43(64)37(21-55)76-52)78-40(61)14-6-24-4-12-30(59)34(16-24)70-2)53(77-38)74-35-19-28-31(72-48(35)25-7-9-26(56)10-8-25)17-27(57)18-32(28)73-51-46(67)44(65)41(62)36(20-54)75-51/h3-19,36-38,41-47,49-55,62-68H,20-22H2,1-2H3,(H3-,56,57,58,59,60,61)/p+1/t36-,37-,38-,41-,42-,43-,44-,45-,46-,47-,49-,50-,51-,52+,53-/m1/s1. The van der Waals surface area contributed by atoms with E-state index in [-0.39, 0.29) is 62.5 Å². The molecule has 424 valence electrons. The van der Waals surface area contributed by atoms with Crippen LogP contribution in [0.1, 0.15) is 11.1 Å². The number of phenolic OH excluding ortho intramolecular Hbond substituents is 4. The smallest absolute Gasteiger partial charge is 0.402 e. The molecule has 26 nitrogen and oxygen atoms in total. The maximum absolute atomic E-state index is 13.2. The number of carbonyl (C=O) groups excluding carboxylic acids is 2. The highest BCUT2D eigenvalue weighted by molar-refractivity contribution is 5.89. The van der Waals surface area contributed by atoms with Gasteiger partial charge in [-0.3, -0.25) is 0 Å². The van der Waals surface area contributed by atoms with Gasteiger partial charge in [0.25, 0.3) is 0 Å². The third-order valence-corrected chi connectivity index (χ3v) is 12.9. The van der Waals surface area contributed by atoms with Crippen molar-refractivity contribution in [2.45, 2.75) is 92.1 Å². The van der Waals surface area contributed by atoms with Crippen molar-refractivity contribution < 1.29 is 128 Å². The Morgan fingerprint density at radius 3 is 1.73 bits per heavy atom. The van der Waals surface area contributed by atoms with Crippen molar-refractivity contribution >= 4 is 35.1 Å². The molecule has 3 fully saturated rings. The number of aliphatic hydroxyl groups excluding tert-OH is 9. The van der Waals surface area contributed by atoms with Gasteiger partial charge in [0.2, 0.25) is 18.3 Å². The molecular weight excluding hydrogens is 1050 g/mol. The van der Waals surface area contributed by atoms with Gasteiger partial charge in [-0.25, -0.2) is 14.0 Å². The molecule has 5 aromatic rings. The normalized spacial score (nSPS) is 29.1. The Kier molecular flexibility index (Phi) is 18.4. The Bertz CT molecular complexity index is 2980. The van der Waals surface area contributed by atoms with Gasteiger partial charge in [-0.2, -0.15) is 0 Å². The lowest BCUT2D eigenvalue weighted by Gasteiger charge is -2.46. The first-order valence-corrected chi connectivity index (χ1v) is 24.1. The Hall–Kier alpha value is -7.41. The van der Waals surface area contributed by atoms with Crippen LogP contribution in [0.3, 0.4) is 0 Å². The number of benzene rings is 4. The van der Waals surface area contributed by atoms with E-state index in [2.05, 4.69) is 0 Å². The first-order chi connectivity index (χ1) is 37.8. The monoisotopic (exact) mass is 1110 g/mol. The fourth-order valence-corrected chi connectivity index (χ4v) is 8.64. The molecule has 0 amide bonds. The van der Waals surface area contributed by atoms with Gasteiger partial charge in [0.1, 0.15) is 90.3 Å². The van der Waals surface area contributed by atoms with Crippen LogP contribution in [-0.4, -0.2) is 204 Å². The molecule has 4 aromatic carbocycles. The van der Waals surface area contributed by atoms with Gasteiger partial charge in [-0.15, -0.1) is 0 Å². The first kappa shape index (κ1) is 57.8. The van der Waals surface area contributed by atoms with Gasteiger partial charge in [-0.05, 0) is 71.8 Å². The maximum atomic E-state index is 13.2. The van der Waals surface area contributed by atoms with Crippen molar-refractivity contribution in [2.75, 3.05) is 34.0 Å². The molecule has 0 unspecified atom stereocenters. The lowest BCUT2D eigenvalue weighted by atomic mass is 9.97. The van der Waals surface area contributed by atoms with Crippen LogP contribution in [0.5, 0.6) is 46.0 Å². The van der Waals surface area contributed by atoms with Crippen molar-refractivity contribution in [3.05, 3.63) is 102 Å². The Balaban J connectivity index is 1.14. The third kappa shape index (κ3) is 13.0. The lowest BCUT2D eigenvalue weighted by molar-refractivity contribution is -0.358. The third-order valence-electron chi connectivity index (χ3n) is 12.9. The van der Waals surface area contributed by atoms with Crippen LogP contribution in [0.4, 0.5) is 0 Å². The number of aromatic hydroxyl groups is 4. The molecule has 3 saturated heterocycles. The Morgan fingerprint density at radius 2 is 1.11 bits per heavy atom. The number of rotatable bonds is 18. The second-order valence-corrected chi connectivity index (χ2v) is 18.2. The van der Waals surface area contributed by atoms with Gasteiger partial charge in [-0.1, -0.05) is 12.1 Å². The zero-order chi connectivity index (χ0) is 56.8. The summed E-state index contributed by atoms with van der Waals surface area (Å²) in [4.78, 5) is 26.3. The molecule has 0 bridgehead atoms. The molecule has 8 rings (SSSR count). The fraction of sp³-hybridized carbons (Fsp3) is 0.377. The quantitative estimate of drug-likeness (QED) is 0.0310. The largest absolute Gasteiger partial charge is 0.508 e. The van der Waals surface area contributed by atoms with E-state index >= 15 is 0 Å². The Morgan fingerprint density at radius 1 is 0.544 bits per heavy atom. The summed E-state index contributed by atoms with van der Waals surface area (Å²) in [6.07, 6.45) is -23.7. The minimum Gasteiger partial charge on any atom is -0.508 e. The molecule has 3 aliphatic heterocycles. The SMILES string of the molecule is COc1cc(/C=C/C(=O)OC[C@H]2O[C@@H](Oc3cc4c(O[C@@H]5O[C@H](CO)[C@@H](O)[C@@H](O)[C@H]5O)cc(O)cc4[o+]c3-c3ccc(O)cc3)[C@H](O[C@@H]3O[C@H](CO)[C@@H](O)[C@@H](OC(=O)/C=C/c4ccc(O)c(OC)c4)[C@H]3O)[C@H](O)[C@@H]2O)ccc1O. The summed E-state index contributed by atoms with van der Waals surface area (Å²) in [5, 5.41) is 139. The molecule has 3 aliphatic rings. The van der Waals surface area contributed by atoms with E-state index in [4.69, 9.17) is 51.8 Å². The van der Waals surface area contributed by atoms with Crippen LogP contribution < -0.4 is 18.9 Å². The second-order valence-electron chi connectivity index (χ2n) is 18.2. The molecular formula is C53H57O26+. The molecule has 0 aliphatic carbocycles. The van der Waals surface area contributed by atoms with Crippen molar-refractivity contribution in [2.24, 2.45) is 0 Å². The molecule has 0 spiro atoms. The summed E-state index contributed by atoms with van der Waals surface area (Å²) in [6.45, 7) is -2.53. The van der Waals surface area contributed by atoms with Crippen molar-refractivity contribution in [1.29, 1.82) is 0 Å². The molecule has 1 aromatic heterocycles. The molecule has 15 atom stereocenters. The van der Waals surface area contributed by atoms with Crippen LogP contribution in [0.15, 0.2) is 95.4 Å². The van der Waals surface area contributed by atoms with E-state index < -0.39 is 130 Å². The second kappa shape index (κ2) is 25.1. The number of fused-ring (bicyclic) bond motifs is 1. The average molecular weight is 1110 g/mol. The summed E-state index contributed by atoms with van der Waals surface area (Å²) in [7, 11) is 2.64. The zero-order valence-corrected chi connectivity index (χ0v) is 41.7. The number of esters is 2. The molecule has 0 radical (unpaired) electrons. The van der Waals surface area contributed by atoms with E-state index in [0.29, 0.717) is 11.1 Å². The predicted octanol–water partition coefficient (Wildman–Crippen LogP) is -0.0693. The van der Waals surface area contributed by atoms with Crippen LogP contribution in [0, 0.1) is 0 Å². The minimum absolute atomic E-state index is 0.0706. The highest BCUT2D eigenvalue weighted by atomic mass is 16.8. The topological polar surface area (TPSA) is 401 Å².